The van der Waals surface area contributed by atoms with Crippen molar-refractivity contribution >= 4 is 18.3 Å². The third-order valence-electron chi connectivity index (χ3n) is 3.88. The predicted molar refractivity (Wildman–Crippen MR) is 91.7 cm³/mol. The van der Waals surface area contributed by atoms with Gasteiger partial charge in [-0.1, -0.05) is 6.92 Å². The molecule has 1 heterocycles. The highest BCUT2D eigenvalue weighted by atomic mass is 35.5. The molecule has 0 saturated carbocycles. The van der Waals surface area contributed by atoms with Crippen LogP contribution < -0.4 is 10.1 Å². The summed E-state index contributed by atoms with van der Waals surface area (Å²) < 4.78 is 18.3. The lowest BCUT2D eigenvalue weighted by Gasteiger charge is -2.28. The zero-order valence-electron chi connectivity index (χ0n) is 13.6. The first-order valence-electron chi connectivity index (χ1n) is 8.09. The average Bonchev–Trinajstić information content (AvgIpc) is 3.04. The molecule has 2 rings (SSSR count). The van der Waals surface area contributed by atoms with Crippen molar-refractivity contribution in [3.8, 4) is 5.75 Å². The molecule has 0 radical (unpaired) electrons. The minimum absolute atomic E-state index is 0. The fraction of sp³-hybridized carbons (Fsp3) is 0.588. The van der Waals surface area contributed by atoms with E-state index in [9.17, 15) is 9.18 Å². The Morgan fingerprint density at radius 2 is 2.13 bits per heavy atom. The van der Waals surface area contributed by atoms with Crippen LogP contribution in [0.3, 0.4) is 0 Å². The van der Waals surface area contributed by atoms with Gasteiger partial charge in [-0.25, -0.2) is 4.39 Å². The van der Waals surface area contributed by atoms with Crippen LogP contribution in [0.25, 0.3) is 0 Å². The van der Waals surface area contributed by atoms with Crippen LogP contribution in [-0.2, 0) is 4.79 Å². The number of ether oxygens (including phenoxy) is 1. The molecule has 1 fully saturated rings. The van der Waals surface area contributed by atoms with E-state index < -0.39 is 0 Å². The minimum Gasteiger partial charge on any atom is -0.494 e. The zero-order valence-corrected chi connectivity index (χ0v) is 14.4. The molecular weight excluding hydrogens is 319 g/mol. The SMILES string of the molecule is CCCN(C(=O)CCCOc1ccc(F)cc1)C1CCNC1.Cl. The number of nitrogens with one attached hydrogen (secondary N) is 1. The molecule has 0 spiro atoms. The molecule has 1 N–H and O–H groups in total. The van der Waals surface area contributed by atoms with E-state index in [1.165, 1.54) is 12.1 Å². The Labute approximate surface area is 143 Å². The maximum Gasteiger partial charge on any atom is 0.222 e. The van der Waals surface area contributed by atoms with Gasteiger partial charge in [0.05, 0.1) is 6.61 Å². The number of hydrogen-bond acceptors (Lipinski definition) is 3. The molecule has 1 unspecified atom stereocenters. The number of hydrogen-bond donors (Lipinski definition) is 1. The number of carbonyl (C=O) groups excluding carboxylic acids is 1. The van der Waals surface area contributed by atoms with E-state index in [1.54, 1.807) is 12.1 Å². The largest absolute Gasteiger partial charge is 0.494 e. The van der Waals surface area contributed by atoms with Gasteiger partial charge in [0.2, 0.25) is 5.91 Å². The van der Waals surface area contributed by atoms with E-state index in [0.29, 0.717) is 31.2 Å². The molecular formula is C17H26ClFN2O2. The van der Waals surface area contributed by atoms with E-state index in [2.05, 4.69) is 12.2 Å². The molecule has 0 bridgehead atoms. The van der Waals surface area contributed by atoms with Gasteiger partial charge in [0.1, 0.15) is 11.6 Å². The van der Waals surface area contributed by atoms with Crippen LogP contribution in [0.5, 0.6) is 5.75 Å². The van der Waals surface area contributed by atoms with Gasteiger partial charge >= 0.3 is 0 Å². The molecule has 130 valence electrons. The Morgan fingerprint density at radius 3 is 2.74 bits per heavy atom. The van der Waals surface area contributed by atoms with Crippen LogP contribution in [0, 0.1) is 5.82 Å². The maximum absolute atomic E-state index is 12.8. The topological polar surface area (TPSA) is 41.6 Å². The lowest BCUT2D eigenvalue weighted by Crippen LogP contribution is -2.42. The molecule has 0 aliphatic carbocycles. The summed E-state index contributed by atoms with van der Waals surface area (Å²) in [5.74, 6) is 0.570. The van der Waals surface area contributed by atoms with Crippen molar-refractivity contribution < 1.29 is 13.9 Å². The van der Waals surface area contributed by atoms with E-state index >= 15 is 0 Å². The molecule has 1 aliphatic heterocycles. The van der Waals surface area contributed by atoms with Gasteiger partial charge in [0, 0.05) is 25.6 Å². The van der Waals surface area contributed by atoms with Crippen LogP contribution in [0.2, 0.25) is 0 Å². The number of halogens is 2. The summed E-state index contributed by atoms with van der Waals surface area (Å²) in [6, 6.07) is 6.29. The number of rotatable bonds is 8. The van der Waals surface area contributed by atoms with Crippen LogP contribution >= 0.6 is 12.4 Å². The van der Waals surface area contributed by atoms with Crippen molar-refractivity contribution in [2.75, 3.05) is 26.2 Å². The first kappa shape index (κ1) is 19.7. The summed E-state index contributed by atoms with van der Waals surface area (Å²) in [5.41, 5.74) is 0. The van der Waals surface area contributed by atoms with Crippen LogP contribution in [0.1, 0.15) is 32.6 Å². The third-order valence-corrected chi connectivity index (χ3v) is 3.88. The van der Waals surface area contributed by atoms with Crippen molar-refractivity contribution in [3.63, 3.8) is 0 Å². The van der Waals surface area contributed by atoms with E-state index in [1.807, 2.05) is 4.90 Å². The summed E-state index contributed by atoms with van der Waals surface area (Å²) in [5, 5.41) is 3.31. The van der Waals surface area contributed by atoms with Gasteiger partial charge < -0.3 is 15.0 Å². The minimum atomic E-state index is -0.275. The number of amides is 1. The van der Waals surface area contributed by atoms with Gasteiger partial charge in [-0.2, -0.15) is 0 Å². The Balaban J connectivity index is 0.00000264. The van der Waals surface area contributed by atoms with Gasteiger partial charge in [0.15, 0.2) is 0 Å². The second-order valence-electron chi connectivity index (χ2n) is 5.64. The number of carbonyl (C=O) groups is 1. The van der Waals surface area contributed by atoms with Crippen molar-refractivity contribution in [3.05, 3.63) is 30.1 Å². The predicted octanol–water partition coefficient (Wildman–Crippen LogP) is 3.01. The molecule has 6 heteroatoms. The second-order valence-corrected chi connectivity index (χ2v) is 5.64. The van der Waals surface area contributed by atoms with Crippen molar-refractivity contribution in [2.24, 2.45) is 0 Å². The normalized spacial score (nSPS) is 16.7. The van der Waals surface area contributed by atoms with E-state index in [-0.39, 0.29) is 24.1 Å². The summed E-state index contributed by atoms with van der Waals surface area (Å²) in [7, 11) is 0. The first-order chi connectivity index (χ1) is 10.7. The highest BCUT2D eigenvalue weighted by Gasteiger charge is 2.25. The zero-order chi connectivity index (χ0) is 15.8. The molecule has 23 heavy (non-hydrogen) atoms. The Kier molecular flexibility index (Phi) is 8.95. The Morgan fingerprint density at radius 1 is 1.39 bits per heavy atom. The molecule has 1 saturated heterocycles. The molecule has 1 aliphatic rings. The van der Waals surface area contributed by atoms with Gasteiger partial charge in [-0.05, 0) is 50.1 Å². The highest BCUT2D eigenvalue weighted by Crippen LogP contribution is 2.14. The maximum atomic E-state index is 12.8. The first-order valence-corrected chi connectivity index (χ1v) is 8.09. The van der Waals surface area contributed by atoms with E-state index in [0.717, 1.165) is 32.5 Å². The van der Waals surface area contributed by atoms with Crippen LogP contribution in [0.15, 0.2) is 24.3 Å². The van der Waals surface area contributed by atoms with Crippen molar-refractivity contribution in [1.82, 2.24) is 10.2 Å². The summed E-state index contributed by atoms with van der Waals surface area (Å²) >= 11 is 0. The molecule has 1 atom stereocenters. The fourth-order valence-corrected chi connectivity index (χ4v) is 2.75. The summed E-state index contributed by atoms with van der Waals surface area (Å²) in [6.07, 6.45) is 3.19. The summed E-state index contributed by atoms with van der Waals surface area (Å²) in [6.45, 7) is 5.29. The molecule has 1 amide bonds. The average molecular weight is 345 g/mol. The molecule has 0 aromatic heterocycles. The lowest BCUT2D eigenvalue weighted by molar-refractivity contribution is -0.133. The second kappa shape index (κ2) is 10.4. The quantitative estimate of drug-likeness (QED) is 0.737. The molecule has 4 nitrogen and oxygen atoms in total. The monoisotopic (exact) mass is 344 g/mol. The number of nitrogens with zero attached hydrogens (tertiary/aromatic N) is 1. The Bertz CT molecular complexity index is 464. The van der Waals surface area contributed by atoms with E-state index in [4.69, 9.17) is 4.74 Å². The van der Waals surface area contributed by atoms with Crippen LogP contribution in [-0.4, -0.2) is 43.1 Å². The van der Waals surface area contributed by atoms with Crippen LogP contribution in [0.4, 0.5) is 4.39 Å². The lowest BCUT2D eigenvalue weighted by atomic mass is 10.1. The van der Waals surface area contributed by atoms with Crippen molar-refractivity contribution in [2.45, 2.75) is 38.6 Å². The van der Waals surface area contributed by atoms with Gasteiger partial charge in [-0.3, -0.25) is 4.79 Å². The van der Waals surface area contributed by atoms with Gasteiger partial charge in [0.25, 0.3) is 0 Å². The van der Waals surface area contributed by atoms with Crippen molar-refractivity contribution in [1.29, 1.82) is 0 Å². The smallest absolute Gasteiger partial charge is 0.222 e. The number of benzene rings is 1. The molecule has 1 aromatic rings. The fourth-order valence-electron chi connectivity index (χ4n) is 2.75. The highest BCUT2D eigenvalue weighted by molar-refractivity contribution is 5.85. The van der Waals surface area contributed by atoms with Gasteiger partial charge in [-0.15, -0.1) is 12.4 Å². The Hall–Kier alpha value is -1.33. The summed E-state index contributed by atoms with van der Waals surface area (Å²) in [4.78, 5) is 14.4. The standard InChI is InChI=1S/C17H25FN2O2.ClH/c1-2-11-20(15-9-10-19-13-15)17(21)4-3-12-22-16-7-5-14(18)6-8-16;/h5-8,15,19H,2-4,9-13H2,1H3;1H. The third kappa shape index (κ3) is 6.36. The molecule has 1 aromatic carbocycles.